The minimum atomic E-state index is 0.0624. The third kappa shape index (κ3) is 3.51. The molecule has 0 aliphatic carbocycles. The average molecular weight is 561 g/mol. The Kier molecular flexibility index (Phi) is 5.10. The fourth-order valence-corrected chi connectivity index (χ4v) is 9.01. The summed E-state index contributed by atoms with van der Waals surface area (Å²) < 4.78 is 5.16. The Bertz CT molecular complexity index is 2210. The molecule has 0 spiro atoms. The van der Waals surface area contributed by atoms with Gasteiger partial charge in [-0.15, -0.1) is 11.3 Å². The van der Waals surface area contributed by atoms with Crippen LogP contribution in [0.2, 0.25) is 0 Å². The van der Waals surface area contributed by atoms with Gasteiger partial charge in [-0.25, -0.2) is 0 Å². The molecule has 9 rings (SSSR count). The van der Waals surface area contributed by atoms with E-state index in [1.54, 1.807) is 0 Å². The Hall–Kier alpha value is -4.51. The van der Waals surface area contributed by atoms with Gasteiger partial charge in [0, 0.05) is 41.4 Å². The van der Waals surface area contributed by atoms with Crippen LogP contribution >= 0.6 is 23.1 Å². The number of thiophene rings is 1. The van der Waals surface area contributed by atoms with Crippen molar-refractivity contribution >= 4 is 70.8 Å². The smallest absolute Gasteiger partial charge is 0.157 e. The van der Waals surface area contributed by atoms with E-state index in [1.807, 2.05) is 23.1 Å². The van der Waals surface area contributed by atoms with Crippen LogP contribution < -0.4 is 5.32 Å². The Morgan fingerprint density at radius 1 is 0.561 bits per heavy atom. The van der Waals surface area contributed by atoms with Gasteiger partial charge in [0.15, 0.2) is 5.50 Å². The summed E-state index contributed by atoms with van der Waals surface area (Å²) in [6.45, 7) is 0. The lowest BCUT2D eigenvalue weighted by molar-refractivity contribution is 0.826. The lowest BCUT2D eigenvalue weighted by Gasteiger charge is -2.16. The topological polar surface area (TPSA) is 17.0 Å². The maximum atomic E-state index is 3.95. The fourth-order valence-electron chi connectivity index (χ4n) is 6.38. The maximum Gasteiger partial charge on any atom is 0.157 e. The molecule has 6 aromatic carbocycles. The van der Waals surface area contributed by atoms with E-state index in [9.17, 15) is 0 Å². The highest BCUT2D eigenvalue weighted by Gasteiger charge is 2.30. The third-order valence-electron chi connectivity index (χ3n) is 8.26. The van der Waals surface area contributed by atoms with Crippen LogP contribution in [0.3, 0.4) is 0 Å². The van der Waals surface area contributed by atoms with Crippen LogP contribution in [-0.2, 0) is 0 Å². The summed E-state index contributed by atoms with van der Waals surface area (Å²) in [5.74, 6) is 0. The minimum absolute atomic E-state index is 0.0624. The molecule has 1 unspecified atom stereocenters. The molecular weight excluding hydrogens is 537 g/mol. The molecule has 8 aromatic rings. The second-order valence-electron chi connectivity index (χ2n) is 10.6. The van der Waals surface area contributed by atoms with Crippen molar-refractivity contribution in [1.82, 2.24) is 4.57 Å². The first-order valence-corrected chi connectivity index (χ1v) is 15.6. The quantitative estimate of drug-likeness (QED) is 0.231. The molecule has 1 atom stereocenters. The maximum absolute atomic E-state index is 3.95. The summed E-state index contributed by atoms with van der Waals surface area (Å²) in [4.78, 5) is 1.34. The molecule has 0 amide bonds. The first kappa shape index (κ1) is 23.2. The van der Waals surface area contributed by atoms with Crippen molar-refractivity contribution in [3.8, 4) is 22.3 Å². The first-order chi connectivity index (χ1) is 20.3. The van der Waals surface area contributed by atoms with Gasteiger partial charge in [0.1, 0.15) is 0 Å². The second kappa shape index (κ2) is 9.00. The van der Waals surface area contributed by atoms with Gasteiger partial charge in [-0.3, -0.25) is 0 Å². The Morgan fingerprint density at radius 2 is 1.15 bits per heavy atom. The third-order valence-corrected chi connectivity index (χ3v) is 10.7. The van der Waals surface area contributed by atoms with E-state index < -0.39 is 0 Å². The first-order valence-electron chi connectivity index (χ1n) is 13.9. The molecular formula is C37H24N2S2. The van der Waals surface area contributed by atoms with Gasteiger partial charge in [0.2, 0.25) is 0 Å². The Morgan fingerprint density at radius 3 is 1.88 bits per heavy atom. The molecule has 3 heterocycles. The summed E-state index contributed by atoms with van der Waals surface area (Å²) in [5, 5.41) is 9.25. The van der Waals surface area contributed by atoms with Crippen LogP contribution in [0.15, 0.2) is 138 Å². The molecule has 0 bridgehead atoms. The molecule has 1 N–H and O–H groups in total. The summed E-state index contributed by atoms with van der Waals surface area (Å²) in [5.41, 5.74) is 8.80. The van der Waals surface area contributed by atoms with Crippen molar-refractivity contribution in [1.29, 1.82) is 0 Å². The predicted molar refractivity (Wildman–Crippen MR) is 178 cm³/mol. The summed E-state index contributed by atoms with van der Waals surface area (Å²) >= 11 is 3.84. The molecule has 0 saturated carbocycles. The van der Waals surface area contributed by atoms with E-state index in [0.29, 0.717) is 0 Å². The number of benzene rings is 6. The Labute approximate surface area is 245 Å². The number of nitrogens with zero attached hydrogens (tertiary/aromatic N) is 1. The van der Waals surface area contributed by atoms with Crippen molar-refractivity contribution in [3.05, 3.63) is 133 Å². The van der Waals surface area contributed by atoms with Crippen molar-refractivity contribution in [2.45, 2.75) is 10.4 Å². The van der Waals surface area contributed by atoms with E-state index in [2.05, 4.69) is 143 Å². The van der Waals surface area contributed by atoms with Gasteiger partial charge in [-0.05, 0) is 41.0 Å². The van der Waals surface area contributed by atoms with E-state index in [0.717, 1.165) is 0 Å². The van der Waals surface area contributed by atoms with Crippen LogP contribution in [0, 0.1) is 0 Å². The lowest BCUT2D eigenvalue weighted by Crippen LogP contribution is -2.10. The number of fused-ring (bicyclic) bond motifs is 8. The van der Waals surface area contributed by atoms with Crippen molar-refractivity contribution in [3.63, 3.8) is 0 Å². The number of para-hydroxylation sites is 2. The van der Waals surface area contributed by atoms with E-state index >= 15 is 0 Å². The van der Waals surface area contributed by atoms with Crippen LogP contribution in [-0.4, -0.2) is 4.57 Å². The van der Waals surface area contributed by atoms with Gasteiger partial charge in [-0.2, -0.15) is 0 Å². The van der Waals surface area contributed by atoms with Crippen LogP contribution in [0.25, 0.3) is 64.2 Å². The predicted octanol–water partition coefficient (Wildman–Crippen LogP) is 11.2. The molecule has 0 saturated heterocycles. The molecule has 41 heavy (non-hydrogen) atoms. The van der Waals surface area contributed by atoms with E-state index in [-0.39, 0.29) is 5.50 Å². The largest absolute Gasteiger partial charge is 0.355 e. The number of hydrogen-bond donors (Lipinski definition) is 1. The van der Waals surface area contributed by atoms with Crippen molar-refractivity contribution in [2.75, 3.05) is 5.32 Å². The summed E-state index contributed by atoms with van der Waals surface area (Å²) in [6.07, 6.45) is 0. The molecule has 194 valence electrons. The normalized spacial score (nSPS) is 14.7. The van der Waals surface area contributed by atoms with Crippen LogP contribution in [0.4, 0.5) is 5.69 Å². The standard InChI is InChI=1S/C37H24N2S2/c1-2-10-23(11-3-1)24-18-20-25(21-19-24)29-22-30-36(34-28-14-6-9-17-33(28)40-35(29)34)41-37(38-30)39-31-15-7-4-12-26(31)27-13-5-8-16-32(27)39/h1-22,37-38H. The van der Waals surface area contributed by atoms with Crippen molar-refractivity contribution < 1.29 is 0 Å². The minimum Gasteiger partial charge on any atom is -0.355 e. The van der Waals surface area contributed by atoms with Gasteiger partial charge < -0.3 is 9.88 Å². The van der Waals surface area contributed by atoms with Crippen molar-refractivity contribution in [2.24, 2.45) is 0 Å². The molecule has 2 nitrogen and oxygen atoms in total. The van der Waals surface area contributed by atoms with Gasteiger partial charge in [0.25, 0.3) is 0 Å². The molecule has 0 radical (unpaired) electrons. The highest BCUT2D eigenvalue weighted by atomic mass is 32.2. The number of anilines is 1. The average Bonchev–Trinajstić information content (AvgIpc) is 3.72. The zero-order valence-corrected chi connectivity index (χ0v) is 23.7. The van der Waals surface area contributed by atoms with Crippen LogP contribution in [0.5, 0.6) is 0 Å². The summed E-state index contributed by atoms with van der Waals surface area (Å²) in [7, 11) is 0. The second-order valence-corrected chi connectivity index (χ2v) is 12.7. The number of hydrogen-bond acceptors (Lipinski definition) is 3. The molecule has 1 aliphatic rings. The Balaban J connectivity index is 1.24. The van der Waals surface area contributed by atoms with E-state index in [4.69, 9.17) is 0 Å². The van der Waals surface area contributed by atoms with Gasteiger partial charge in [0.05, 0.1) is 16.7 Å². The number of rotatable bonds is 3. The number of nitrogens with one attached hydrogen (secondary N) is 1. The number of thioether (sulfide) groups is 1. The SMILES string of the molecule is c1ccc(-c2ccc(-c3cc4c(c5c3sc3ccccc35)SC(n3c5ccccc5c5ccccc53)N4)cc2)cc1. The van der Waals surface area contributed by atoms with Gasteiger partial charge >= 0.3 is 0 Å². The zero-order valence-electron chi connectivity index (χ0n) is 22.0. The summed E-state index contributed by atoms with van der Waals surface area (Å²) in [6, 6.07) is 48.4. The van der Waals surface area contributed by atoms with Gasteiger partial charge in [-0.1, -0.05) is 121 Å². The molecule has 2 aromatic heterocycles. The molecule has 0 fully saturated rings. The molecule has 1 aliphatic heterocycles. The zero-order chi connectivity index (χ0) is 26.9. The highest BCUT2D eigenvalue weighted by molar-refractivity contribution is 8.00. The monoisotopic (exact) mass is 560 g/mol. The lowest BCUT2D eigenvalue weighted by atomic mass is 9.98. The fraction of sp³-hybridized carbons (Fsp3) is 0.0270. The highest BCUT2D eigenvalue weighted by Crippen LogP contribution is 2.55. The van der Waals surface area contributed by atoms with Crippen LogP contribution in [0.1, 0.15) is 5.50 Å². The number of aromatic nitrogens is 1. The van der Waals surface area contributed by atoms with E-state index in [1.165, 1.54) is 74.8 Å². The molecule has 4 heteroatoms.